The zero-order valence-electron chi connectivity index (χ0n) is 25.4. The molecule has 2 atom stereocenters. The van der Waals surface area contributed by atoms with E-state index in [0.29, 0.717) is 65.3 Å². The molecule has 2 aromatic carbocycles. The van der Waals surface area contributed by atoms with Gasteiger partial charge in [0.15, 0.2) is 5.17 Å². The average molecular weight is 620 g/mol. The van der Waals surface area contributed by atoms with Gasteiger partial charge in [-0.2, -0.15) is 0 Å². The number of amides is 1. The molecule has 2 unspecified atom stereocenters. The van der Waals surface area contributed by atoms with Crippen LogP contribution < -0.4 is 9.47 Å². The number of hydrogen-bond donors (Lipinski definition) is 0. The number of amidine groups is 1. The van der Waals surface area contributed by atoms with Gasteiger partial charge < -0.3 is 28.7 Å². The van der Waals surface area contributed by atoms with E-state index in [9.17, 15) is 14.4 Å². The molecule has 0 radical (unpaired) electrons. The van der Waals surface area contributed by atoms with Crippen molar-refractivity contribution in [2.24, 2.45) is 10.9 Å². The third-order valence-corrected chi connectivity index (χ3v) is 8.70. The van der Waals surface area contributed by atoms with Gasteiger partial charge in [0.1, 0.15) is 11.5 Å². The summed E-state index contributed by atoms with van der Waals surface area (Å²) in [6.07, 6.45) is 1.47. The molecule has 11 heteroatoms. The van der Waals surface area contributed by atoms with Crippen molar-refractivity contribution in [2.45, 2.75) is 39.2 Å². The number of carbonyl (C=O) groups excluding carboxylic acids is 3. The molecule has 0 aromatic heterocycles. The minimum Gasteiger partial charge on any atom is -0.497 e. The zero-order valence-corrected chi connectivity index (χ0v) is 26.2. The van der Waals surface area contributed by atoms with E-state index in [4.69, 9.17) is 23.9 Å². The Kier molecular flexibility index (Phi) is 9.94. The van der Waals surface area contributed by atoms with Gasteiger partial charge in [-0.1, -0.05) is 42.1 Å². The number of methoxy groups -OCH3 is 2. The van der Waals surface area contributed by atoms with E-state index < -0.39 is 12.0 Å². The van der Waals surface area contributed by atoms with Crippen molar-refractivity contribution in [3.8, 4) is 11.5 Å². The summed E-state index contributed by atoms with van der Waals surface area (Å²) in [6, 6.07) is 14.2. The van der Waals surface area contributed by atoms with E-state index in [1.807, 2.05) is 46.7 Å². The number of likely N-dealkylation sites (tertiary alicyclic amines) is 1. The van der Waals surface area contributed by atoms with Gasteiger partial charge in [0.2, 0.25) is 5.91 Å². The van der Waals surface area contributed by atoms with Crippen LogP contribution in [0.5, 0.6) is 11.5 Å². The number of nitrogens with zero attached hydrogens (tertiary/aromatic N) is 3. The largest absolute Gasteiger partial charge is 0.497 e. The minimum atomic E-state index is -0.732. The predicted octanol–water partition coefficient (Wildman–Crippen LogP) is 5.17. The van der Waals surface area contributed by atoms with E-state index in [-0.39, 0.29) is 30.8 Å². The predicted molar refractivity (Wildman–Crippen MR) is 168 cm³/mol. The van der Waals surface area contributed by atoms with Gasteiger partial charge in [0.25, 0.3) is 0 Å². The molecule has 0 N–H and O–H groups in total. The smallest absolute Gasteiger partial charge is 0.338 e. The van der Waals surface area contributed by atoms with Gasteiger partial charge in [0.05, 0.1) is 57.1 Å². The summed E-state index contributed by atoms with van der Waals surface area (Å²) < 4.78 is 22.2. The summed E-state index contributed by atoms with van der Waals surface area (Å²) in [4.78, 5) is 48.6. The summed E-state index contributed by atoms with van der Waals surface area (Å²) >= 11 is 1.39. The van der Waals surface area contributed by atoms with E-state index in [2.05, 4.69) is 0 Å². The molecule has 44 heavy (non-hydrogen) atoms. The number of rotatable bonds is 10. The lowest BCUT2D eigenvalue weighted by atomic mass is 9.90. The Balaban J connectivity index is 1.57. The number of hydrogen-bond acceptors (Lipinski definition) is 10. The first-order valence-electron chi connectivity index (χ1n) is 14.8. The Labute approximate surface area is 261 Å². The molecule has 0 aliphatic carbocycles. The molecule has 232 valence electrons. The summed E-state index contributed by atoms with van der Waals surface area (Å²) in [5.41, 5.74) is 2.93. The van der Waals surface area contributed by atoms with Crippen molar-refractivity contribution in [1.82, 2.24) is 9.80 Å². The van der Waals surface area contributed by atoms with Gasteiger partial charge >= 0.3 is 11.9 Å². The molecule has 0 saturated carbocycles. The second kappa shape index (κ2) is 14.0. The fourth-order valence-electron chi connectivity index (χ4n) is 5.76. The van der Waals surface area contributed by atoms with Crippen LogP contribution in [0.4, 0.5) is 0 Å². The molecule has 3 aliphatic rings. The van der Waals surface area contributed by atoms with Gasteiger partial charge in [-0.05, 0) is 50.3 Å². The lowest BCUT2D eigenvalue weighted by molar-refractivity contribution is -0.151. The zero-order chi connectivity index (χ0) is 31.2. The van der Waals surface area contributed by atoms with Gasteiger partial charge in [-0.15, -0.1) is 0 Å². The third-order valence-electron chi connectivity index (χ3n) is 7.81. The Hall–Kier alpha value is -4.25. The number of thioether (sulfide) groups is 1. The molecular formula is C33H37N3O7S. The van der Waals surface area contributed by atoms with Crippen molar-refractivity contribution < 1.29 is 33.3 Å². The molecule has 3 heterocycles. The van der Waals surface area contributed by atoms with Gasteiger partial charge in [-0.25, -0.2) is 9.79 Å². The first-order valence-corrected chi connectivity index (χ1v) is 15.6. The van der Waals surface area contributed by atoms with Crippen LogP contribution in [0.15, 0.2) is 70.2 Å². The summed E-state index contributed by atoms with van der Waals surface area (Å²) in [6.45, 7) is 4.91. The van der Waals surface area contributed by atoms with Crippen LogP contribution in [0.1, 0.15) is 50.3 Å². The Morgan fingerprint density at radius 3 is 2.48 bits per heavy atom. The van der Waals surface area contributed by atoms with E-state index in [0.717, 1.165) is 12.0 Å². The Bertz CT molecular complexity index is 1500. The standard InChI is InChI=1S/C33H37N3O7S/c1-5-42-31(38)22-13-10-16-35(19-22)27(37)17-23-20-44-33-34-29(21-11-8-7-9-12-21)28(32(39)43-6-2)30(36(23)33)25-18-24(40-3)14-15-26(25)41-4/h7-9,11-12,14-15,18,20,22,30H,5-6,10,13,16-17,19H2,1-4H3. The maximum Gasteiger partial charge on any atom is 0.338 e. The van der Waals surface area contributed by atoms with Gasteiger partial charge in [-0.3, -0.25) is 9.59 Å². The van der Waals surface area contributed by atoms with E-state index in [1.54, 1.807) is 45.1 Å². The first kappa shape index (κ1) is 31.2. The highest BCUT2D eigenvalue weighted by Gasteiger charge is 2.44. The van der Waals surface area contributed by atoms with Crippen molar-refractivity contribution >= 4 is 40.5 Å². The number of carbonyl (C=O) groups is 3. The minimum absolute atomic E-state index is 0.0567. The van der Waals surface area contributed by atoms with Crippen LogP contribution in [0, 0.1) is 5.92 Å². The van der Waals surface area contributed by atoms with Crippen LogP contribution in [-0.2, 0) is 23.9 Å². The summed E-state index contributed by atoms with van der Waals surface area (Å²) in [7, 11) is 3.15. The van der Waals surface area contributed by atoms with Crippen LogP contribution in [0.2, 0.25) is 0 Å². The van der Waals surface area contributed by atoms with Crippen molar-refractivity contribution in [2.75, 3.05) is 40.5 Å². The highest BCUT2D eigenvalue weighted by molar-refractivity contribution is 8.16. The lowest BCUT2D eigenvalue weighted by Crippen LogP contribution is -2.44. The Morgan fingerprint density at radius 2 is 1.77 bits per heavy atom. The van der Waals surface area contributed by atoms with E-state index >= 15 is 0 Å². The molecule has 1 amide bonds. The molecule has 1 fully saturated rings. The molecule has 0 bridgehead atoms. The molecule has 10 nitrogen and oxygen atoms in total. The monoisotopic (exact) mass is 619 g/mol. The highest BCUT2D eigenvalue weighted by atomic mass is 32.2. The quantitative estimate of drug-likeness (QED) is 0.333. The normalized spacial score (nSPS) is 19.5. The van der Waals surface area contributed by atoms with Crippen molar-refractivity contribution in [3.63, 3.8) is 0 Å². The molecule has 0 spiro atoms. The van der Waals surface area contributed by atoms with E-state index in [1.165, 1.54) is 11.8 Å². The topological polar surface area (TPSA) is 107 Å². The molecule has 5 rings (SSSR count). The maximum absolute atomic E-state index is 13.8. The number of ether oxygens (including phenoxy) is 4. The van der Waals surface area contributed by atoms with Gasteiger partial charge in [0, 0.05) is 29.9 Å². The lowest BCUT2D eigenvalue weighted by Gasteiger charge is -2.38. The van der Waals surface area contributed by atoms with Crippen molar-refractivity contribution in [1.29, 1.82) is 0 Å². The number of piperidine rings is 1. The number of fused-ring (bicyclic) bond motifs is 1. The van der Waals surface area contributed by atoms with Crippen molar-refractivity contribution in [3.05, 3.63) is 76.3 Å². The van der Waals surface area contributed by atoms with Crippen LogP contribution >= 0.6 is 11.8 Å². The van der Waals surface area contributed by atoms with Crippen LogP contribution in [-0.4, -0.2) is 73.3 Å². The second-order valence-corrected chi connectivity index (χ2v) is 11.3. The SMILES string of the molecule is CCOC(=O)C1=C(c2ccccc2)N=C2SC=C(CC(=O)N3CCCC(C(=O)OCC)C3)N2C1c1cc(OC)ccc1OC. The van der Waals surface area contributed by atoms with Crippen LogP contribution in [0.25, 0.3) is 5.70 Å². The summed E-state index contributed by atoms with van der Waals surface area (Å²) in [5, 5.41) is 2.53. The fraction of sp³-hybridized carbons (Fsp3) is 0.394. The molecule has 1 saturated heterocycles. The summed E-state index contributed by atoms with van der Waals surface area (Å²) in [5.74, 6) is -0.108. The van der Waals surface area contributed by atoms with Crippen LogP contribution in [0.3, 0.4) is 0 Å². The molecule has 3 aliphatic heterocycles. The number of esters is 2. The highest BCUT2D eigenvalue weighted by Crippen LogP contribution is 2.49. The molecule has 2 aromatic rings. The maximum atomic E-state index is 13.8. The Morgan fingerprint density at radius 1 is 1.00 bits per heavy atom. The number of aliphatic imine (C=N–C) groups is 1. The fourth-order valence-corrected chi connectivity index (χ4v) is 6.68. The first-order chi connectivity index (χ1) is 21.4. The second-order valence-electron chi connectivity index (χ2n) is 10.5. The molecular weight excluding hydrogens is 582 g/mol. The third kappa shape index (κ3) is 6.33. The number of benzene rings is 2. The average Bonchev–Trinajstić information content (AvgIpc) is 3.46.